The Bertz CT molecular complexity index is 660. The summed E-state index contributed by atoms with van der Waals surface area (Å²) >= 11 is 6.86. The third kappa shape index (κ3) is 2.78. The van der Waals surface area contributed by atoms with E-state index in [1.807, 2.05) is 6.07 Å². The molecule has 0 radical (unpaired) electrons. The molecule has 1 fully saturated rings. The molecule has 2 heterocycles. The average molecular weight is 416 g/mol. The number of rotatable bonds is 2. The number of nitrogens with zero attached hydrogens (tertiary/aromatic N) is 3. The van der Waals surface area contributed by atoms with Gasteiger partial charge >= 0.3 is 0 Å². The number of aromatic nitrogens is 3. The lowest BCUT2D eigenvalue weighted by molar-refractivity contribution is 0.203. The first-order valence-corrected chi connectivity index (χ1v) is 8.50. The summed E-state index contributed by atoms with van der Waals surface area (Å²) in [5, 5.41) is 4.08. The minimum Gasteiger partial charge on any atom is -0.338 e. The number of nitrogens with two attached hydrogens (primary N) is 1. The Hall–Kier alpha value is -0.790. The maximum Gasteiger partial charge on any atom is 0.234 e. The van der Waals surface area contributed by atoms with Crippen LogP contribution < -0.4 is 5.73 Å². The summed E-state index contributed by atoms with van der Waals surface area (Å²) in [6, 6.07) is 1.97. The first-order valence-electron chi connectivity index (χ1n) is 6.92. The van der Waals surface area contributed by atoms with Gasteiger partial charge in [0.05, 0.1) is 5.41 Å². The fourth-order valence-corrected chi connectivity index (χ4v) is 3.92. The Balaban J connectivity index is 1.96. The van der Waals surface area contributed by atoms with E-state index < -0.39 is 0 Å². The van der Waals surface area contributed by atoms with E-state index in [9.17, 15) is 0 Å². The second-order valence-electron chi connectivity index (χ2n) is 5.68. The Kier molecular flexibility index (Phi) is 4.16. The zero-order valence-corrected chi connectivity index (χ0v) is 14.8. The molecule has 2 aromatic rings. The third-order valence-corrected chi connectivity index (χ3v) is 5.25. The minimum absolute atomic E-state index is 0.0564. The van der Waals surface area contributed by atoms with E-state index >= 15 is 0 Å². The van der Waals surface area contributed by atoms with Gasteiger partial charge in [-0.1, -0.05) is 18.0 Å². The molecule has 0 aliphatic heterocycles. The van der Waals surface area contributed by atoms with E-state index in [0.29, 0.717) is 17.4 Å². The van der Waals surface area contributed by atoms with Crippen LogP contribution in [-0.2, 0) is 5.41 Å². The van der Waals surface area contributed by atoms with Gasteiger partial charge in [-0.05, 0) is 57.7 Å². The molecule has 3 rings (SSSR count). The smallest absolute Gasteiger partial charge is 0.234 e. The Morgan fingerprint density at radius 3 is 2.90 bits per heavy atom. The molecule has 0 spiro atoms. The number of hydrogen-bond acceptors (Lipinski definition) is 5. The van der Waals surface area contributed by atoms with Crippen molar-refractivity contribution in [2.45, 2.75) is 44.1 Å². The molecular formula is C14H16Br2N4O. The fraction of sp³-hybridized carbons (Fsp3) is 0.500. The quantitative estimate of drug-likeness (QED) is 0.806. The summed E-state index contributed by atoms with van der Waals surface area (Å²) in [5.74, 6) is 1.10. The van der Waals surface area contributed by atoms with E-state index in [1.165, 1.54) is 0 Å². The van der Waals surface area contributed by atoms with Crippen LogP contribution in [0.1, 0.15) is 38.5 Å². The molecule has 1 aliphatic carbocycles. The molecule has 112 valence electrons. The lowest BCUT2D eigenvalue weighted by Crippen LogP contribution is -2.45. The first kappa shape index (κ1) is 15.1. The topological polar surface area (TPSA) is 77.8 Å². The highest BCUT2D eigenvalue weighted by atomic mass is 79.9. The highest BCUT2D eigenvalue weighted by molar-refractivity contribution is 9.11. The van der Waals surface area contributed by atoms with Gasteiger partial charge in [-0.2, -0.15) is 4.98 Å². The van der Waals surface area contributed by atoms with E-state index in [0.717, 1.165) is 34.6 Å². The zero-order valence-electron chi connectivity index (χ0n) is 11.6. The molecule has 2 atom stereocenters. The Morgan fingerprint density at radius 1 is 1.38 bits per heavy atom. The van der Waals surface area contributed by atoms with Gasteiger partial charge in [0.2, 0.25) is 11.7 Å². The van der Waals surface area contributed by atoms with Crippen molar-refractivity contribution >= 4 is 31.9 Å². The van der Waals surface area contributed by atoms with Crippen molar-refractivity contribution in [1.82, 2.24) is 15.1 Å². The van der Waals surface area contributed by atoms with Crippen molar-refractivity contribution < 1.29 is 4.52 Å². The van der Waals surface area contributed by atoms with Gasteiger partial charge in [0, 0.05) is 21.2 Å². The van der Waals surface area contributed by atoms with Gasteiger partial charge in [-0.25, -0.2) is 0 Å². The van der Waals surface area contributed by atoms with E-state index in [2.05, 4.69) is 53.9 Å². The van der Waals surface area contributed by atoms with Crippen molar-refractivity contribution in [3.63, 3.8) is 0 Å². The van der Waals surface area contributed by atoms with Gasteiger partial charge in [0.25, 0.3) is 0 Å². The first-order chi connectivity index (χ1) is 10.0. The SMILES string of the molecule is CC1(c2nc(-c3ncc(Br)cc3Br)no2)CCCCC1N. The van der Waals surface area contributed by atoms with Gasteiger partial charge in [0.15, 0.2) is 0 Å². The third-order valence-electron chi connectivity index (χ3n) is 4.21. The summed E-state index contributed by atoms with van der Waals surface area (Å²) in [6.07, 6.45) is 5.99. The van der Waals surface area contributed by atoms with Crippen molar-refractivity contribution in [3.05, 3.63) is 27.1 Å². The van der Waals surface area contributed by atoms with Gasteiger partial charge in [0.1, 0.15) is 5.69 Å². The molecule has 7 heteroatoms. The second-order valence-corrected chi connectivity index (χ2v) is 7.45. The van der Waals surface area contributed by atoms with Gasteiger partial charge < -0.3 is 10.3 Å². The molecule has 0 amide bonds. The number of halogens is 2. The van der Waals surface area contributed by atoms with Crippen LogP contribution in [-0.4, -0.2) is 21.2 Å². The van der Waals surface area contributed by atoms with Crippen LogP contribution in [0.3, 0.4) is 0 Å². The molecule has 5 nitrogen and oxygen atoms in total. The summed E-state index contributed by atoms with van der Waals surface area (Å²) < 4.78 is 7.22. The lowest BCUT2D eigenvalue weighted by Gasteiger charge is -2.35. The van der Waals surface area contributed by atoms with Crippen LogP contribution in [0.2, 0.25) is 0 Å². The molecule has 0 saturated heterocycles. The monoisotopic (exact) mass is 414 g/mol. The normalized spacial score (nSPS) is 26.0. The van der Waals surface area contributed by atoms with Crippen LogP contribution in [0.5, 0.6) is 0 Å². The summed E-state index contributed by atoms with van der Waals surface area (Å²) in [6.45, 7) is 2.11. The standard InChI is InChI=1S/C14H16Br2N4O/c1-14(5-3-2-4-10(14)17)13-19-12(20-21-13)11-9(16)6-8(15)7-18-11/h6-7,10H,2-5,17H2,1H3. The lowest BCUT2D eigenvalue weighted by atomic mass is 9.72. The van der Waals surface area contributed by atoms with Crippen molar-refractivity contribution in [2.75, 3.05) is 0 Å². The van der Waals surface area contributed by atoms with Crippen molar-refractivity contribution in [3.8, 4) is 11.5 Å². The zero-order chi connectivity index (χ0) is 15.0. The molecule has 1 saturated carbocycles. The molecule has 2 N–H and O–H groups in total. The van der Waals surface area contributed by atoms with E-state index in [4.69, 9.17) is 10.3 Å². The highest BCUT2D eigenvalue weighted by Crippen LogP contribution is 2.38. The molecule has 2 aromatic heterocycles. The van der Waals surface area contributed by atoms with Crippen LogP contribution in [0.15, 0.2) is 25.7 Å². The molecule has 21 heavy (non-hydrogen) atoms. The molecule has 1 aliphatic rings. The van der Waals surface area contributed by atoms with Crippen molar-refractivity contribution in [1.29, 1.82) is 0 Å². The number of hydrogen-bond donors (Lipinski definition) is 1. The fourth-order valence-electron chi connectivity index (χ4n) is 2.76. The largest absolute Gasteiger partial charge is 0.338 e. The van der Waals surface area contributed by atoms with Crippen LogP contribution >= 0.6 is 31.9 Å². The second kappa shape index (κ2) is 5.78. The predicted octanol–water partition coefficient (Wildman–Crippen LogP) is 3.82. The van der Waals surface area contributed by atoms with Crippen LogP contribution in [0.4, 0.5) is 0 Å². The minimum atomic E-state index is -0.245. The molecule has 0 aromatic carbocycles. The molecule has 2 unspecified atom stereocenters. The highest BCUT2D eigenvalue weighted by Gasteiger charge is 2.41. The predicted molar refractivity (Wildman–Crippen MR) is 86.7 cm³/mol. The maximum atomic E-state index is 6.28. The maximum absolute atomic E-state index is 6.28. The Morgan fingerprint density at radius 2 is 2.19 bits per heavy atom. The Labute approximate surface area is 140 Å². The summed E-state index contributed by atoms with van der Waals surface area (Å²) in [5.41, 5.74) is 6.71. The van der Waals surface area contributed by atoms with E-state index in [-0.39, 0.29) is 11.5 Å². The summed E-state index contributed by atoms with van der Waals surface area (Å²) in [7, 11) is 0. The summed E-state index contributed by atoms with van der Waals surface area (Å²) in [4.78, 5) is 8.89. The van der Waals surface area contributed by atoms with Crippen LogP contribution in [0, 0.1) is 0 Å². The molecular weight excluding hydrogens is 400 g/mol. The van der Waals surface area contributed by atoms with Gasteiger partial charge in [-0.15, -0.1) is 0 Å². The average Bonchev–Trinajstić information content (AvgIpc) is 2.92. The molecule has 0 bridgehead atoms. The van der Waals surface area contributed by atoms with E-state index in [1.54, 1.807) is 6.20 Å². The van der Waals surface area contributed by atoms with Gasteiger partial charge in [-0.3, -0.25) is 4.98 Å². The number of pyridine rings is 1. The van der Waals surface area contributed by atoms with Crippen molar-refractivity contribution in [2.24, 2.45) is 5.73 Å². The van der Waals surface area contributed by atoms with Crippen LogP contribution in [0.25, 0.3) is 11.5 Å².